The van der Waals surface area contributed by atoms with Crippen molar-refractivity contribution in [2.24, 2.45) is 0 Å². The highest BCUT2D eigenvalue weighted by atomic mass is 19.3. The van der Waals surface area contributed by atoms with Crippen molar-refractivity contribution < 1.29 is 23.4 Å². The number of nitrogens with zero attached hydrogens (tertiary/aromatic N) is 3. The van der Waals surface area contributed by atoms with Crippen LogP contribution in [-0.2, 0) is 22.4 Å². The van der Waals surface area contributed by atoms with Crippen LogP contribution in [0.5, 0.6) is 0 Å². The van der Waals surface area contributed by atoms with Crippen LogP contribution in [0.3, 0.4) is 0 Å². The topological polar surface area (TPSA) is 99.6 Å². The Morgan fingerprint density at radius 2 is 1.90 bits per heavy atom. The van der Waals surface area contributed by atoms with E-state index in [0.717, 1.165) is 61.3 Å². The first-order valence-electron chi connectivity index (χ1n) is 14.3. The molecule has 2 aromatic heterocycles. The van der Waals surface area contributed by atoms with Crippen molar-refractivity contribution in [1.82, 2.24) is 14.9 Å². The maximum absolute atomic E-state index is 12.5. The lowest BCUT2D eigenvalue weighted by Crippen LogP contribution is -2.37. The summed E-state index contributed by atoms with van der Waals surface area (Å²) in [7, 11) is 0. The van der Waals surface area contributed by atoms with Crippen molar-refractivity contribution in [2.75, 3.05) is 50.0 Å². The molecule has 0 fully saturated rings. The molecule has 1 aromatic carbocycles. The van der Waals surface area contributed by atoms with Crippen LogP contribution < -0.4 is 10.6 Å². The zero-order valence-electron chi connectivity index (χ0n) is 23.3. The number of aromatic nitrogens is 2. The molecular formula is C31H39F2N5O3. The molecule has 3 heterocycles. The number of hydrogen-bond acceptors (Lipinski definition) is 7. The van der Waals surface area contributed by atoms with Gasteiger partial charge in [0.1, 0.15) is 24.3 Å². The number of pyridine rings is 2. The summed E-state index contributed by atoms with van der Waals surface area (Å²) in [5.74, 6) is 0.499. The van der Waals surface area contributed by atoms with E-state index in [9.17, 15) is 18.7 Å². The van der Waals surface area contributed by atoms with Crippen LogP contribution in [0.2, 0.25) is 0 Å². The fourth-order valence-corrected chi connectivity index (χ4v) is 4.88. The predicted octanol–water partition coefficient (Wildman–Crippen LogP) is 5.36. The minimum absolute atomic E-state index is 0.163. The van der Waals surface area contributed by atoms with E-state index in [1.54, 1.807) is 12.3 Å². The third-order valence-corrected chi connectivity index (χ3v) is 7.13. The molecule has 220 valence electrons. The maximum atomic E-state index is 12.5. The van der Waals surface area contributed by atoms with Gasteiger partial charge >= 0.3 is 5.97 Å². The fourth-order valence-electron chi connectivity index (χ4n) is 4.88. The molecule has 3 N–H and O–H groups in total. The summed E-state index contributed by atoms with van der Waals surface area (Å²) in [6, 6.07) is 16.9. The molecule has 0 saturated heterocycles. The number of benzene rings is 1. The minimum atomic E-state index is -2.51. The maximum Gasteiger partial charge on any atom is 0.326 e. The van der Waals surface area contributed by atoms with E-state index in [1.165, 1.54) is 5.56 Å². The summed E-state index contributed by atoms with van der Waals surface area (Å²) < 4.78 is 30.1. The monoisotopic (exact) mass is 567 g/mol. The Kier molecular flexibility index (Phi) is 11.8. The third-order valence-electron chi connectivity index (χ3n) is 7.13. The number of alkyl halides is 2. The largest absolute Gasteiger partial charge is 0.480 e. The van der Waals surface area contributed by atoms with Crippen molar-refractivity contribution >= 4 is 17.6 Å². The lowest BCUT2D eigenvalue weighted by Gasteiger charge is -2.24. The molecule has 41 heavy (non-hydrogen) atoms. The van der Waals surface area contributed by atoms with Crippen LogP contribution in [0, 0.1) is 0 Å². The number of carboxylic acid groups (broad SMARTS) is 1. The van der Waals surface area contributed by atoms with Crippen LogP contribution in [-0.4, -0.2) is 77.8 Å². The van der Waals surface area contributed by atoms with Gasteiger partial charge in [-0.2, -0.15) is 0 Å². The number of fused-ring (bicyclic) bond motifs is 1. The van der Waals surface area contributed by atoms with Gasteiger partial charge in [-0.3, -0.25) is 0 Å². The molecule has 0 bridgehead atoms. The van der Waals surface area contributed by atoms with Gasteiger partial charge in [-0.25, -0.2) is 23.5 Å². The number of hydrogen-bond donors (Lipinski definition) is 3. The Morgan fingerprint density at radius 1 is 1.05 bits per heavy atom. The summed E-state index contributed by atoms with van der Waals surface area (Å²) in [6.45, 7) is 2.14. The average molecular weight is 568 g/mol. The van der Waals surface area contributed by atoms with Gasteiger partial charge < -0.3 is 25.4 Å². The number of carbonyl (C=O) groups is 1. The van der Waals surface area contributed by atoms with E-state index in [4.69, 9.17) is 9.72 Å². The molecule has 3 aromatic rings. The average Bonchev–Trinajstić information content (AvgIpc) is 2.99. The summed E-state index contributed by atoms with van der Waals surface area (Å²) in [6.07, 6.45) is 4.34. The number of nitrogens with one attached hydrogen (secondary N) is 2. The van der Waals surface area contributed by atoms with E-state index in [1.807, 2.05) is 36.4 Å². The number of halogens is 2. The number of rotatable bonds is 17. The fraction of sp³-hybridized carbons (Fsp3) is 0.452. The Morgan fingerprint density at radius 3 is 2.66 bits per heavy atom. The van der Waals surface area contributed by atoms with Crippen LogP contribution >= 0.6 is 0 Å². The molecule has 0 spiro atoms. The van der Waals surface area contributed by atoms with Crippen LogP contribution in [0.25, 0.3) is 11.1 Å². The number of carboxylic acids is 1. The van der Waals surface area contributed by atoms with Gasteiger partial charge in [0.25, 0.3) is 6.43 Å². The number of aliphatic carboxylic acids is 1. The second-order valence-corrected chi connectivity index (χ2v) is 10.2. The molecule has 10 heteroatoms. The molecule has 1 aliphatic heterocycles. The lowest BCUT2D eigenvalue weighted by molar-refractivity contribution is -0.138. The van der Waals surface area contributed by atoms with Crippen molar-refractivity contribution in [2.45, 2.75) is 51.0 Å². The molecular weight excluding hydrogens is 528 g/mol. The van der Waals surface area contributed by atoms with Gasteiger partial charge in [-0.15, -0.1) is 0 Å². The van der Waals surface area contributed by atoms with E-state index >= 15 is 0 Å². The highest BCUT2D eigenvalue weighted by Crippen LogP contribution is 2.21. The summed E-state index contributed by atoms with van der Waals surface area (Å²) in [5.41, 5.74) is 4.29. The number of aryl methyl sites for hydroxylation is 2. The molecule has 4 rings (SSSR count). The number of unbranched alkanes of at least 4 members (excludes halogenated alkanes) is 1. The van der Waals surface area contributed by atoms with Gasteiger partial charge in [0, 0.05) is 37.1 Å². The van der Waals surface area contributed by atoms with E-state index in [2.05, 4.69) is 32.7 Å². The van der Waals surface area contributed by atoms with Crippen LogP contribution in [0.1, 0.15) is 36.9 Å². The molecule has 0 amide bonds. The zero-order valence-corrected chi connectivity index (χ0v) is 23.3. The highest BCUT2D eigenvalue weighted by molar-refractivity contribution is 5.77. The molecule has 0 aliphatic carbocycles. The smallest absolute Gasteiger partial charge is 0.326 e. The SMILES string of the molecule is O=C(O)[C@H](CCN(CCCCc1ccc2c(n1)NCCC2)CCOCC(F)F)Nc1ccc(-c2ccccc2)cn1. The summed E-state index contributed by atoms with van der Waals surface area (Å²) in [5, 5.41) is 16.2. The normalized spacial score (nSPS) is 13.6. The molecule has 1 atom stereocenters. The minimum Gasteiger partial charge on any atom is -0.480 e. The Balaban J connectivity index is 1.28. The van der Waals surface area contributed by atoms with Crippen molar-refractivity contribution in [3.8, 4) is 11.1 Å². The van der Waals surface area contributed by atoms with Gasteiger partial charge in [0.05, 0.1) is 6.61 Å². The summed E-state index contributed by atoms with van der Waals surface area (Å²) >= 11 is 0. The second kappa shape index (κ2) is 16.0. The van der Waals surface area contributed by atoms with Crippen molar-refractivity contribution in [3.05, 3.63) is 72.1 Å². The standard InChI is InChI=1S/C31H39F2N5O3/c32-28(33)22-41-20-19-38(17-5-4-10-26-13-11-24-9-6-16-34-30(24)36-26)18-15-27(31(39)40)37-29-14-12-25(21-35-29)23-7-2-1-3-8-23/h1-3,7-8,11-14,21,27-28H,4-6,9-10,15-20,22H2,(H,34,36)(H,35,37)(H,39,40)/t27-/m0/s1. The third kappa shape index (κ3) is 10.1. The quantitative estimate of drug-likeness (QED) is 0.188. The van der Waals surface area contributed by atoms with E-state index < -0.39 is 25.0 Å². The molecule has 0 radical (unpaired) electrons. The lowest BCUT2D eigenvalue weighted by atomic mass is 10.1. The highest BCUT2D eigenvalue weighted by Gasteiger charge is 2.20. The first-order valence-corrected chi connectivity index (χ1v) is 14.3. The number of anilines is 2. The van der Waals surface area contributed by atoms with Gasteiger partial charge in [-0.1, -0.05) is 36.4 Å². The van der Waals surface area contributed by atoms with Crippen LogP contribution in [0.4, 0.5) is 20.4 Å². The van der Waals surface area contributed by atoms with Gasteiger partial charge in [-0.05, 0) is 74.4 Å². The van der Waals surface area contributed by atoms with Gasteiger partial charge in [0.15, 0.2) is 0 Å². The Bertz CT molecular complexity index is 1210. The van der Waals surface area contributed by atoms with Gasteiger partial charge in [0.2, 0.25) is 0 Å². The molecule has 0 saturated carbocycles. The summed E-state index contributed by atoms with van der Waals surface area (Å²) in [4.78, 5) is 23.3. The Labute approximate surface area is 240 Å². The zero-order chi connectivity index (χ0) is 28.9. The van der Waals surface area contributed by atoms with Crippen LogP contribution in [0.15, 0.2) is 60.8 Å². The molecule has 8 nitrogen and oxygen atoms in total. The second-order valence-electron chi connectivity index (χ2n) is 10.2. The van der Waals surface area contributed by atoms with Crippen molar-refractivity contribution in [3.63, 3.8) is 0 Å². The van der Waals surface area contributed by atoms with E-state index in [0.29, 0.717) is 31.9 Å². The van der Waals surface area contributed by atoms with Crippen molar-refractivity contribution in [1.29, 1.82) is 0 Å². The Hall–Kier alpha value is -3.63. The first kappa shape index (κ1) is 30.3. The predicted molar refractivity (Wildman–Crippen MR) is 157 cm³/mol. The number of ether oxygens (including phenoxy) is 1. The molecule has 0 unspecified atom stereocenters. The molecule has 1 aliphatic rings. The van der Waals surface area contributed by atoms with E-state index in [-0.39, 0.29) is 6.61 Å². The first-order chi connectivity index (χ1) is 20.0.